The zero-order chi connectivity index (χ0) is 14.7. The van der Waals surface area contributed by atoms with Crippen LogP contribution in [0.25, 0.3) is 0 Å². The fraction of sp³-hybridized carbons (Fsp3) is 0.600. The first kappa shape index (κ1) is 15.4. The first-order valence-electron chi connectivity index (χ1n) is 7.12. The molecule has 0 heterocycles. The maximum Gasteiger partial charge on any atom is 0.283 e. The number of hydrogen-bond acceptors (Lipinski definition) is 3. The molecule has 0 saturated heterocycles. The maximum absolute atomic E-state index is 11.0. The van der Waals surface area contributed by atoms with Crippen LogP contribution in [0.15, 0.2) is 22.7 Å². The third kappa shape index (κ3) is 3.58. The molecule has 4 nitrogen and oxygen atoms in total. The Kier molecular flexibility index (Phi) is 5.16. The Morgan fingerprint density at radius 1 is 1.40 bits per heavy atom. The summed E-state index contributed by atoms with van der Waals surface area (Å²) in [6.45, 7) is 3.08. The molecule has 0 spiro atoms. The monoisotopic (exact) mass is 340 g/mol. The van der Waals surface area contributed by atoms with E-state index in [-0.39, 0.29) is 10.6 Å². The Morgan fingerprint density at radius 2 is 2.10 bits per heavy atom. The summed E-state index contributed by atoms with van der Waals surface area (Å²) in [7, 11) is 2.13. The number of nitro benzene ring substituents is 1. The molecule has 20 heavy (non-hydrogen) atoms. The van der Waals surface area contributed by atoms with Gasteiger partial charge in [-0.05, 0) is 53.4 Å². The van der Waals surface area contributed by atoms with Crippen molar-refractivity contribution in [3.63, 3.8) is 0 Å². The van der Waals surface area contributed by atoms with E-state index < -0.39 is 0 Å². The van der Waals surface area contributed by atoms with Gasteiger partial charge in [-0.2, -0.15) is 0 Å². The van der Waals surface area contributed by atoms with Crippen LogP contribution in [0.3, 0.4) is 0 Å². The average Bonchev–Trinajstić information content (AvgIpc) is 2.41. The molecule has 1 aliphatic carbocycles. The van der Waals surface area contributed by atoms with Crippen molar-refractivity contribution in [2.24, 2.45) is 5.92 Å². The van der Waals surface area contributed by atoms with Crippen molar-refractivity contribution in [1.29, 1.82) is 0 Å². The fourth-order valence-corrected chi connectivity index (χ4v) is 3.54. The second kappa shape index (κ2) is 6.68. The van der Waals surface area contributed by atoms with Gasteiger partial charge >= 0.3 is 0 Å². The molecule has 1 fully saturated rings. The predicted octanol–water partition coefficient (Wildman–Crippen LogP) is 4.37. The number of halogens is 1. The van der Waals surface area contributed by atoms with Gasteiger partial charge in [0, 0.05) is 18.7 Å². The van der Waals surface area contributed by atoms with Gasteiger partial charge in [0.25, 0.3) is 5.69 Å². The van der Waals surface area contributed by atoms with Gasteiger partial charge in [-0.15, -0.1) is 0 Å². The van der Waals surface area contributed by atoms with Gasteiger partial charge in [0.05, 0.1) is 9.40 Å². The van der Waals surface area contributed by atoms with Crippen LogP contribution in [-0.2, 0) is 6.54 Å². The molecule has 0 aromatic heterocycles. The number of benzene rings is 1. The molecule has 1 aromatic rings. The average molecular weight is 341 g/mol. The molecule has 2 atom stereocenters. The van der Waals surface area contributed by atoms with Gasteiger partial charge in [-0.1, -0.05) is 25.8 Å². The Balaban J connectivity index is 2.09. The lowest BCUT2D eigenvalue weighted by Gasteiger charge is -2.36. The van der Waals surface area contributed by atoms with E-state index in [2.05, 4.69) is 34.8 Å². The summed E-state index contributed by atoms with van der Waals surface area (Å²) in [5, 5.41) is 11.0. The molecule has 2 unspecified atom stereocenters. The lowest BCUT2D eigenvalue weighted by atomic mass is 9.85. The molecule has 0 radical (unpaired) electrons. The largest absolute Gasteiger partial charge is 0.299 e. The van der Waals surface area contributed by atoms with Gasteiger partial charge in [-0.3, -0.25) is 15.0 Å². The van der Waals surface area contributed by atoms with Gasteiger partial charge in [-0.25, -0.2) is 0 Å². The van der Waals surface area contributed by atoms with Crippen LogP contribution in [0.4, 0.5) is 5.69 Å². The van der Waals surface area contributed by atoms with Crippen LogP contribution in [0.1, 0.15) is 38.2 Å². The van der Waals surface area contributed by atoms with Crippen LogP contribution in [0.5, 0.6) is 0 Å². The van der Waals surface area contributed by atoms with Gasteiger partial charge in [0.15, 0.2) is 0 Å². The molecular weight excluding hydrogens is 320 g/mol. The minimum atomic E-state index is -0.336. The number of hydrogen-bond donors (Lipinski definition) is 0. The second-order valence-corrected chi connectivity index (χ2v) is 6.64. The fourth-order valence-electron chi connectivity index (χ4n) is 3.15. The first-order chi connectivity index (χ1) is 9.49. The van der Waals surface area contributed by atoms with E-state index in [1.807, 2.05) is 6.07 Å². The number of nitrogens with zero attached hydrogens (tertiary/aromatic N) is 2. The normalized spacial score (nSPS) is 23.0. The van der Waals surface area contributed by atoms with E-state index in [1.165, 1.54) is 25.7 Å². The van der Waals surface area contributed by atoms with Crippen LogP contribution in [0, 0.1) is 16.0 Å². The summed E-state index contributed by atoms with van der Waals surface area (Å²) < 4.78 is 0.542. The van der Waals surface area contributed by atoms with Crippen molar-refractivity contribution >= 4 is 21.6 Å². The van der Waals surface area contributed by atoms with Gasteiger partial charge in [0.1, 0.15) is 0 Å². The highest BCUT2D eigenvalue weighted by Crippen LogP contribution is 2.30. The molecule has 0 N–H and O–H groups in total. The summed E-state index contributed by atoms with van der Waals surface area (Å²) in [4.78, 5) is 13.0. The lowest BCUT2D eigenvalue weighted by molar-refractivity contribution is -0.385. The molecule has 1 aliphatic rings. The van der Waals surface area contributed by atoms with Crippen molar-refractivity contribution in [3.05, 3.63) is 38.3 Å². The quantitative estimate of drug-likeness (QED) is 0.604. The molecule has 1 saturated carbocycles. The van der Waals surface area contributed by atoms with Crippen LogP contribution >= 0.6 is 15.9 Å². The topological polar surface area (TPSA) is 46.4 Å². The third-order valence-electron chi connectivity index (χ3n) is 4.27. The molecule has 0 amide bonds. The summed E-state index contributed by atoms with van der Waals surface area (Å²) in [5.41, 5.74) is 1.15. The predicted molar refractivity (Wildman–Crippen MR) is 83.7 cm³/mol. The molecule has 110 valence electrons. The van der Waals surface area contributed by atoms with Crippen molar-refractivity contribution in [1.82, 2.24) is 4.90 Å². The zero-order valence-electron chi connectivity index (χ0n) is 12.0. The maximum atomic E-state index is 11.0. The highest BCUT2D eigenvalue weighted by molar-refractivity contribution is 9.10. The van der Waals surface area contributed by atoms with Crippen molar-refractivity contribution in [3.8, 4) is 0 Å². The van der Waals surface area contributed by atoms with E-state index in [0.29, 0.717) is 16.4 Å². The SMILES string of the molecule is CC1CCCCC1N(C)Cc1ccc(Br)c([N+](=O)[O-])c1. The number of rotatable bonds is 4. The standard InChI is InChI=1S/C15H21BrN2O2/c1-11-5-3-4-6-14(11)17(2)10-12-7-8-13(16)15(9-12)18(19)20/h7-9,11,14H,3-6,10H2,1-2H3. The minimum absolute atomic E-state index is 0.146. The highest BCUT2D eigenvalue weighted by Gasteiger charge is 2.25. The van der Waals surface area contributed by atoms with Crippen LogP contribution in [-0.4, -0.2) is 22.9 Å². The van der Waals surface area contributed by atoms with E-state index in [4.69, 9.17) is 0 Å². The molecule has 5 heteroatoms. The smallest absolute Gasteiger partial charge is 0.283 e. The number of nitro groups is 1. The first-order valence-corrected chi connectivity index (χ1v) is 7.91. The highest BCUT2D eigenvalue weighted by atomic mass is 79.9. The Morgan fingerprint density at radius 3 is 2.75 bits per heavy atom. The summed E-state index contributed by atoms with van der Waals surface area (Å²) >= 11 is 3.23. The third-order valence-corrected chi connectivity index (χ3v) is 4.94. The second-order valence-electron chi connectivity index (χ2n) is 5.79. The summed E-state index contributed by atoms with van der Waals surface area (Å²) in [6, 6.07) is 5.99. The lowest BCUT2D eigenvalue weighted by Crippen LogP contribution is -2.38. The van der Waals surface area contributed by atoms with Crippen molar-refractivity contribution in [2.45, 2.75) is 45.2 Å². The Hall–Kier alpha value is -0.940. The van der Waals surface area contributed by atoms with E-state index >= 15 is 0 Å². The van der Waals surface area contributed by atoms with Gasteiger partial charge in [0.2, 0.25) is 0 Å². The van der Waals surface area contributed by atoms with Crippen LogP contribution in [0.2, 0.25) is 0 Å². The zero-order valence-corrected chi connectivity index (χ0v) is 13.6. The molecule has 2 rings (SSSR count). The van der Waals surface area contributed by atoms with Crippen molar-refractivity contribution < 1.29 is 4.92 Å². The van der Waals surface area contributed by atoms with Crippen molar-refractivity contribution in [2.75, 3.05) is 7.05 Å². The molecule has 1 aromatic carbocycles. The van der Waals surface area contributed by atoms with E-state index in [9.17, 15) is 10.1 Å². The summed E-state index contributed by atoms with van der Waals surface area (Å²) in [5.74, 6) is 0.708. The Labute approximate surface area is 128 Å². The summed E-state index contributed by atoms with van der Waals surface area (Å²) in [6.07, 6.45) is 5.14. The Bertz CT molecular complexity index is 493. The van der Waals surface area contributed by atoms with E-state index in [1.54, 1.807) is 12.1 Å². The van der Waals surface area contributed by atoms with Crippen LogP contribution < -0.4 is 0 Å². The molecular formula is C15H21BrN2O2. The minimum Gasteiger partial charge on any atom is -0.299 e. The van der Waals surface area contributed by atoms with Gasteiger partial charge < -0.3 is 0 Å². The molecule has 0 bridgehead atoms. The van der Waals surface area contributed by atoms with E-state index in [0.717, 1.165) is 12.1 Å². The molecule has 0 aliphatic heterocycles.